The Hall–Kier alpha value is -3.13. The largest absolute Gasteiger partial charge is 0.367 e. The summed E-state index contributed by atoms with van der Waals surface area (Å²) < 4.78 is 3.05. The molecule has 3 aromatic rings. The topological polar surface area (TPSA) is 83.0 Å². The molecule has 0 aliphatic carbocycles. The Morgan fingerprint density at radius 3 is 2.50 bits per heavy atom. The van der Waals surface area contributed by atoms with Crippen LogP contribution < -0.4 is 14.9 Å². The van der Waals surface area contributed by atoms with E-state index in [1.165, 1.54) is 17.5 Å². The Morgan fingerprint density at radius 1 is 1.00 bits per heavy atom. The minimum Gasteiger partial charge on any atom is -0.367 e. The number of anilines is 2. The number of aromatic nitrogens is 3. The van der Waals surface area contributed by atoms with Crippen LogP contribution in [0.3, 0.4) is 0 Å². The molecule has 2 atom stereocenters. The standard InChI is InChI=1S/C36H50N6OS/c1-34(2,3)19-18-24-12-14-26(37-22-24)20-27-15-13-25-21-36(7,8)42(23-25)32-28(16-17-29(39-32)35(4,5)6)33(43)41-44-31-11-9-10-30(38-27)40-31/h9-12,14,16-17,22,25,27H,13,15,18-21,23H2,1-8H3,(H,38,40)(H,41,43)/t25-,27?/m0/s1. The number of amides is 1. The van der Waals surface area contributed by atoms with E-state index in [0.29, 0.717) is 16.9 Å². The van der Waals surface area contributed by atoms with E-state index in [0.717, 1.165) is 73.1 Å². The van der Waals surface area contributed by atoms with E-state index in [4.69, 9.17) is 15.0 Å². The molecule has 5 rings (SSSR count). The van der Waals surface area contributed by atoms with Crippen LogP contribution in [0.25, 0.3) is 0 Å². The fourth-order valence-corrected chi connectivity index (χ4v) is 6.87. The van der Waals surface area contributed by atoms with Crippen molar-refractivity contribution in [3.8, 4) is 0 Å². The molecule has 5 heterocycles. The van der Waals surface area contributed by atoms with Gasteiger partial charge in [-0.3, -0.25) is 14.5 Å². The molecule has 1 amide bonds. The number of nitrogens with one attached hydrogen (secondary N) is 2. The molecule has 236 valence electrons. The number of aryl methyl sites for hydroxylation is 1. The summed E-state index contributed by atoms with van der Waals surface area (Å²) in [5.74, 6) is 1.93. The minimum absolute atomic E-state index is 0.118. The van der Waals surface area contributed by atoms with E-state index in [1.54, 1.807) is 0 Å². The summed E-state index contributed by atoms with van der Waals surface area (Å²) in [6.07, 6.45) is 8.19. The van der Waals surface area contributed by atoms with Crippen LogP contribution in [-0.2, 0) is 18.3 Å². The first-order valence-corrected chi connectivity index (χ1v) is 16.9. The van der Waals surface area contributed by atoms with Crippen molar-refractivity contribution in [1.82, 2.24) is 19.7 Å². The van der Waals surface area contributed by atoms with Crippen LogP contribution in [0.1, 0.15) is 108 Å². The quantitative estimate of drug-likeness (QED) is 0.288. The Bertz CT molecular complexity index is 1460. The highest BCUT2D eigenvalue weighted by Gasteiger charge is 2.41. The molecule has 0 saturated carbocycles. The third-order valence-corrected chi connectivity index (χ3v) is 9.58. The van der Waals surface area contributed by atoms with Gasteiger partial charge in [0, 0.05) is 59.5 Å². The van der Waals surface area contributed by atoms with Gasteiger partial charge in [0.15, 0.2) is 0 Å². The van der Waals surface area contributed by atoms with Crippen LogP contribution >= 0.6 is 11.9 Å². The van der Waals surface area contributed by atoms with Gasteiger partial charge in [-0.2, -0.15) is 0 Å². The fourth-order valence-electron chi connectivity index (χ4n) is 6.27. The van der Waals surface area contributed by atoms with E-state index < -0.39 is 0 Å². The maximum Gasteiger partial charge on any atom is 0.265 e. The van der Waals surface area contributed by atoms with Crippen LogP contribution in [0.2, 0.25) is 0 Å². The van der Waals surface area contributed by atoms with Crippen molar-refractivity contribution in [3.05, 3.63) is 71.2 Å². The van der Waals surface area contributed by atoms with Gasteiger partial charge in [-0.05, 0) is 93.2 Å². The average Bonchev–Trinajstić information content (AvgIpc) is 3.26. The molecule has 1 saturated heterocycles. The summed E-state index contributed by atoms with van der Waals surface area (Å²) in [6.45, 7) is 18.8. The maximum atomic E-state index is 13.6. The molecule has 1 fully saturated rings. The van der Waals surface area contributed by atoms with Crippen molar-refractivity contribution in [2.24, 2.45) is 11.3 Å². The number of carbonyl (C=O) groups excluding carboxylic acids is 1. The van der Waals surface area contributed by atoms with Crippen molar-refractivity contribution in [1.29, 1.82) is 0 Å². The van der Waals surface area contributed by atoms with Crippen LogP contribution in [0.5, 0.6) is 0 Å². The zero-order chi connectivity index (χ0) is 31.7. The zero-order valence-electron chi connectivity index (χ0n) is 27.8. The SMILES string of the molecule is CC(C)(C)CCc1ccc(CC2CC[C@@H]3CN(c4nc(C(C)(C)C)ccc4C(=O)NSc4cccc(n4)N2)C(C)(C)C3)nc1. The Kier molecular flexibility index (Phi) is 9.31. The molecule has 0 spiro atoms. The highest BCUT2D eigenvalue weighted by Crippen LogP contribution is 2.40. The predicted octanol–water partition coefficient (Wildman–Crippen LogP) is 8.01. The molecule has 0 radical (unpaired) electrons. The lowest BCUT2D eigenvalue weighted by Gasteiger charge is -2.34. The molecule has 0 aromatic carbocycles. The van der Waals surface area contributed by atoms with Crippen molar-refractivity contribution in [3.63, 3.8) is 0 Å². The molecule has 44 heavy (non-hydrogen) atoms. The van der Waals surface area contributed by atoms with Crippen LogP contribution in [0.4, 0.5) is 11.6 Å². The van der Waals surface area contributed by atoms with E-state index in [1.807, 2.05) is 30.3 Å². The van der Waals surface area contributed by atoms with E-state index in [2.05, 4.69) is 88.7 Å². The first-order chi connectivity index (χ1) is 20.7. The first-order valence-electron chi connectivity index (χ1n) is 16.1. The summed E-state index contributed by atoms with van der Waals surface area (Å²) in [5.41, 5.74) is 4.06. The highest BCUT2D eigenvalue weighted by atomic mass is 32.2. The van der Waals surface area contributed by atoms with Gasteiger partial charge >= 0.3 is 0 Å². The average molecular weight is 615 g/mol. The number of pyridine rings is 3. The monoisotopic (exact) mass is 614 g/mol. The molecule has 2 aliphatic heterocycles. The molecule has 7 nitrogen and oxygen atoms in total. The molecule has 4 bridgehead atoms. The summed E-state index contributed by atoms with van der Waals surface area (Å²) in [7, 11) is 0. The summed E-state index contributed by atoms with van der Waals surface area (Å²) in [4.78, 5) is 30.8. The molecular weight excluding hydrogens is 565 g/mol. The van der Waals surface area contributed by atoms with Gasteiger partial charge in [0.2, 0.25) is 0 Å². The van der Waals surface area contributed by atoms with Crippen LogP contribution in [0.15, 0.2) is 53.7 Å². The normalized spacial score (nSPS) is 20.6. The predicted molar refractivity (Wildman–Crippen MR) is 182 cm³/mol. The Balaban J connectivity index is 1.42. The number of rotatable bonds is 4. The van der Waals surface area contributed by atoms with Gasteiger partial charge in [-0.25, -0.2) is 9.97 Å². The van der Waals surface area contributed by atoms with Crippen molar-refractivity contribution >= 4 is 29.5 Å². The van der Waals surface area contributed by atoms with E-state index in [9.17, 15) is 4.79 Å². The number of fused-ring (bicyclic) bond motifs is 6. The second-order valence-corrected chi connectivity index (χ2v) is 16.4. The molecule has 2 N–H and O–H groups in total. The second kappa shape index (κ2) is 12.7. The molecule has 1 unspecified atom stereocenters. The highest BCUT2D eigenvalue weighted by molar-refractivity contribution is 7.97. The van der Waals surface area contributed by atoms with Gasteiger partial charge in [-0.15, -0.1) is 0 Å². The maximum absolute atomic E-state index is 13.6. The lowest BCUT2D eigenvalue weighted by Crippen LogP contribution is -2.40. The van der Waals surface area contributed by atoms with Gasteiger partial charge in [0.1, 0.15) is 16.7 Å². The van der Waals surface area contributed by atoms with E-state index >= 15 is 0 Å². The lowest BCUT2D eigenvalue weighted by molar-refractivity contribution is 0.0984. The zero-order valence-corrected chi connectivity index (χ0v) is 28.6. The van der Waals surface area contributed by atoms with E-state index in [-0.39, 0.29) is 22.9 Å². The van der Waals surface area contributed by atoms with Gasteiger partial charge in [0.25, 0.3) is 5.91 Å². The smallest absolute Gasteiger partial charge is 0.265 e. The third-order valence-electron chi connectivity index (χ3n) is 8.86. The van der Waals surface area contributed by atoms with Gasteiger partial charge in [0.05, 0.1) is 5.56 Å². The van der Waals surface area contributed by atoms with Crippen LogP contribution in [-0.4, -0.2) is 39.0 Å². The molecule has 8 heteroatoms. The van der Waals surface area contributed by atoms with Gasteiger partial charge in [-0.1, -0.05) is 53.7 Å². The fraction of sp³-hybridized carbons (Fsp3) is 0.556. The lowest BCUT2D eigenvalue weighted by atomic mass is 9.89. The Labute approximate surface area is 268 Å². The Morgan fingerprint density at radius 2 is 1.80 bits per heavy atom. The number of hydrogen-bond donors (Lipinski definition) is 2. The molecule has 3 aromatic heterocycles. The number of hydrogen-bond acceptors (Lipinski definition) is 7. The third kappa shape index (κ3) is 8.12. The van der Waals surface area contributed by atoms with Gasteiger partial charge < -0.3 is 10.2 Å². The molecular formula is C36H50N6OS. The van der Waals surface area contributed by atoms with Crippen molar-refractivity contribution < 1.29 is 4.79 Å². The number of carbonyl (C=O) groups is 1. The summed E-state index contributed by atoms with van der Waals surface area (Å²) in [6, 6.07) is 14.5. The first kappa shape index (κ1) is 32.3. The minimum atomic E-state index is -0.151. The van der Waals surface area contributed by atoms with Crippen molar-refractivity contribution in [2.45, 2.75) is 116 Å². The molecule has 2 aliphatic rings. The van der Waals surface area contributed by atoms with Crippen molar-refractivity contribution in [2.75, 3.05) is 16.8 Å². The summed E-state index contributed by atoms with van der Waals surface area (Å²) >= 11 is 1.25. The number of nitrogens with zero attached hydrogens (tertiary/aromatic N) is 4. The summed E-state index contributed by atoms with van der Waals surface area (Å²) in [5, 5.41) is 4.46. The van der Waals surface area contributed by atoms with Crippen LogP contribution in [0, 0.1) is 11.3 Å². The second-order valence-electron chi connectivity index (χ2n) is 15.5.